The average molecular weight is 560 g/mol. The Kier molecular flexibility index (Phi) is 7.67. The molecule has 0 aliphatic carbocycles. The summed E-state index contributed by atoms with van der Waals surface area (Å²) in [7, 11) is 1.43. The highest BCUT2D eigenvalue weighted by Crippen LogP contribution is 2.31. The van der Waals surface area contributed by atoms with E-state index in [1.165, 1.54) is 61.8 Å². The number of pyridine rings is 3. The summed E-state index contributed by atoms with van der Waals surface area (Å²) < 4.78 is 53.6. The molecule has 5 aromatic rings. The fourth-order valence-corrected chi connectivity index (χ4v) is 4.63. The zero-order valence-corrected chi connectivity index (χ0v) is 22.3. The van der Waals surface area contributed by atoms with Crippen LogP contribution < -0.4 is 10.2 Å². The van der Waals surface area contributed by atoms with Gasteiger partial charge in [0, 0.05) is 42.6 Å². The molecule has 7 nitrogen and oxygen atoms in total. The molecular weight excluding hydrogens is 535 g/mol. The molecule has 208 valence electrons. The van der Waals surface area contributed by atoms with Gasteiger partial charge in [0.2, 0.25) is 11.4 Å². The topological polar surface area (TPSA) is 94.2 Å². The van der Waals surface area contributed by atoms with Crippen molar-refractivity contribution in [3.8, 4) is 22.6 Å². The molecule has 41 heavy (non-hydrogen) atoms. The maximum atomic E-state index is 15.1. The van der Waals surface area contributed by atoms with Crippen LogP contribution in [-0.2, 0) is 17.8 Å². The van der Waals surface area contributed by atoms with Crippen molar-refractivity contribution in [1.29, 1.82) is 0 Å². The first-order chi connectivity index (χ1) is 19.7. The summed E-state index contributed by atoms with van der Waals surface area (Å²) in [6, 6.07) is 12.3. The van der Waals surface area contributed by atoms with Crippen molar-refractivity contribution in [2.75, 3.05) is 7.11 Å². The summed E-state index contributed by atoms with van der Waals surface area (Å²) >= 11 is 0. The average Bonchev–Trinajstić information content (AvgIpc) is 2.92. The molecule has 0 spiro atoms. The molecule has 0 bridgehead atoms. The molecule has 0 radical (unpaired) electrons. The highest BCUT2D eigenvalue weighted by molar-refractivity contribution is 5.99. The van der Waals surface area contributed by atoms with Crippen LogP contribution in [0.1, 0.15) is 32.9 Å². The van der Waals surface area contributed by atoms with Crippen LogP contribution in [0, 0.1) is 31.4 Å². The van der Waals surface area contributed by atoms with Gasteiger partial charge in [0.05, 0.1) is 23.4 Å². The van der Waals surface area contributed by atoms with Gasteiger partial charge in [-0.15, -0.1) is 0 Å². The molecule has 0 amide bonds. The SMILES string of the molecule is COCc1[nH]c(C)c(-c2ccc(F)cc2)c(=O)c1C(=O)Cc1ccc(Oc2ccnc3cc(C)c(F)nc23)c(F)c1. The lowest BCUT2D eigenvalue weighted by Gasteiger charge is -2.14. The summed E-state index contributed by atoms with van der Waals surface area (Å²) in [5.41, 5.74) is 1.93. The maximum Gasteiger partial charge on any atom is 0.216 e. The van der Waals surface area contributed by atoms with Crippen molar-refractivity contribution < 1.29 is 27.4 Å². The number of halogens is 3. The predicted molar refractivity (Wildman–Crippen MR) is 147 cm³/mol. The minimum absolute atomic E-state index is 0.0317. The largest absolute Gasteiger partial charge is 0.452 e. The Labute approximate surface area is 232 Å². The quantitative estimate of drug-likeness (QED) is 0.175. The number of benzene rings is 2. The van der Waals surface area contributed by atoms with Gasteiger partial charge in [-0.2, -0.15) is 4.39 Å². The number of methoxy groups -OCH3 is 1. The second-order valence-electron chi connectivity index (χ2n) is 9.49. The minimum atomic E-state index is -0.769. The molecule has 1 N–H and O–H groups in total. The van der Waals surface area contributed by atoms with Crippen LogP contribution in [0.2, 0.25) is 0 Å². The van der Waals surface area contributed by atoms with Gasteiger partial charge in [0.1, 0.15) is 11.3 Å². The normalized spacial score (nSPS) is 11.2. The van der Waals surface area contributed by atoms with E-state index in [0.29, 0.717) is 27.9 Å². The van der Waals surface area contributed by atoms with Crippen LogP contribution >= 0.6 is 0 Å². The van der Waals surface area contributed by atoms with Gasteiger partial charge in [-0.3, -0.25) is 14.6 Å². The van der Waals surface area contributed by atoms with Crippen LogP contribution in [0.25, 0.3) is 22.2 Å². The van der Waals surface area contributed by atoms with Crippen LogP contribution in [0.4, 0.5) is 13.2 Å². The number of Topliss-reactive ketones (excluding diaryl/α,β-unsaturated/α-hetero) is 1. The van der Waals surface area contributed by atoms with E-state index in [2.05, 4.69) is 15.0 Å². The number of rotatable bonds is 8. The van der Waals surface area contributed by atoms with E-state index >= 15 is 4.39 Å². The molecule has 0 fully saturated rings. The summed E-state index contributed by atoms with van der Waals surface area (Å²) in [6.07, 6.45) is 1.16. The van der Waals surface area contributed by atoms with Crippen LogP contribution in [-0.4, -0.2) is 27.8 Å². The first kappa shape index (κ1) is 27.7. The molecule has 0 unspecified atom stereocenters. The Balaban J connectivity index is 1.45. The number of carbonyl (C=O) groups excluding carboxylic acids is 1. The van der Waals surface area contributed by atoms with Crippen LogP contribution in [0.3, 0.4) is 0 Å². The van der Waals surface area contributed by atoms with E-state index in [1.807, 2.05) is 0 Å². The number of ketones is 1. The predicted octanol–water partition coefficient (Wildman–Crippen LogP) is 6.38. The number of fused-ring (bicyclic) bond motifs is 1. The number of nitrogens with one attached hydrogen (secondary N) is 1. The number of nitrogens with zero attached hydrogens (tertiary/aromatic N) is 2. The molecule has 3 aromatic heterocycles. The van der Waals surface area contributed by atoms with Gasteiger partial charge < -0.3 is 14.5 Å². The number of hydrogen-bond donors (Lipinski definition) is 1. The second-order valence-corrected chi connectivity index (χ2v) is 9.49. The van der Waals surface area contributed by atoms with Crippen molar-refractivity contribution in [3.63, 3.8) is 0 Å². The smallest absolute Gasteiger partial charge is 0.216 e. The van der Waals surface area contributed by atoms with Crippen molar-refractivity contribution in [3.05, 3.63) is 117 Å². The third kappa shape index (κ3) is 5.59. The van der Waals surface area contributed by atoms with Gasteiger partial charge in [-0.25, -0.2) is 13.8 Å². The maximum absolute atomic E-state index is 15.1. The molecule has 0 atom stereocenters. The van der Waals surface area contributed by atoms with Crippen molar-refractivity contribution >= 4 is 16.8 Å². The third-order valence-electron chi connectivity index (χ3n) is 6.55. The van der Waals surface area contributed by atoms with Crippen molar-refractivity contribution in [2.24, 2.45) is 0 Å². The van der Waals surface area contributed by atoms with Crippen LogP contribution in [0.15, 0.2) is 65.6 Å². The number of H-pyrrole nitrogens is 1. The summed E-state index contributed by atoms with van der Waals surface area (Å²) in [4.78, 5) is 38.1. The van der Waals surface area contributed by atoms with Gasteiger partial charge in [-0.1, -0.05) is 18.2 Å². The van der Waals surface area contributed by atoms with E-state index in [-0.39, 0.29) is 46.9 Å². The lowest BCUT2D eigenvalue weighted by atomic mass is 9.95. The van der Waals surface area contributed by atoms with Gasteiger partial charge in [0.25, 0.3) is 0 Å². The zero-order chi connectivity index (χ0) is 29.3. The molecule has 2 aromatic carbocycles. The number of carbonyl (C=O) groups is 1. The van der Waals surface area contributed by atoms with E-state index < -0.39 is 28.8 Å². The van der Waals surface area contributed by atoms with Crippen molar-refractivity contribution in [1.82, 2.24) is 15.0 Å². The Morgan fingerprint density at radius 1 is 0.976 bits per heavy atom. The first-order valence-corrected chi connectivity index (χ1v) is 12.6. The standard InChI is InChI=1S/C31H24F3N3O4/c1-16-12-22-29(37-31(16)34)26(10-11-35-22)41-25-9-4-18(13-21(25)33)14-24(38)28-23(15-40-3)36-17(2)27(30(28)39)19-5-7-20(32)8-6-19/h4-13H,14-15H2,1-3H3,(H,36,39). The van der Waals surface area contributed by atoms with Gasteiger partial charge in [0.15, 0.2) is 23.1 Å². The highest BCUT2D eigenvalue weighted by atomic mass is 19.1. The Morgan fingerprint density at radius 2 is 1.73 bits per heavy atom. The number of aromatic nitrogens is 3. The first-order valence-electron chi connectivity index (χ1n) is 12.6. The highest BCUT2D eigenvalue weighted by Gasteiger charge is 2.23. The fraction of sp³-hybridized carbons (Fsp3) is 0.161. The molecule has 0 saturated carbocycles. The Hall–Kier alpha value is -4.83. The van der Waals surface area contributed by atoms with Crippen molar-refractivity contribution in [2.45, 2.75) is 26.9 Å². The van der Waals surface area contributed by atoms with E-state index in [4.69, 9.17) is 9.47 Å². The van der Waals surface area contributed by atoms with E-state index in [9.17, 15) is 18.4 Å². The Bertz CT molecular complexity index is 1850. The lowest BCUT2D eigenvalue weighted by Crippen LogP contribution is -2.24. The summed E-state index contributed by atoms with van der Waals surface area (Å²) in [5.74, 6) is -2.52. The molecule has 10 heteroatoms. The molecule has 0 aliphatic rings. The van der Waals surface area contributed by atoms with E-state index in [0.717, 1.165) is 6.07 Å². The fourth-order valence-electron chi connectivity index (χ4n) is 4.63. The molecule has 0 saturated heterocycles. The molecule has 5 rings (SSSR count). The molecule has 0 aliphatic heterocycles. The monoisotopic (exact) mass is 559 g/mol. The summed E-state index contributed by atoms with van der Waals surface area (Å²) in [6.45, 7) is 3.21. The number of aryl methyl sites for hydroxylation is 2. The second kappa shape index (κ2) is 11.3. The third-order valence-corrected chi connectivity index (χ3v) is 6.55. The van der Waals surface area contributed by atoms with E-state index in [1.54, 1.807) is 13.8 Å². The summed E-state index contributed by atoms with van der Waals surface area (Å²) in [5, 5.41) is 0. The number of ether oxygens (including phenoxy) is 2. The van der Waals surface area contributed by atoms with Gasteiger partial charge >= 0.3 is 0 Å². The number of aromatic amines is 1. The zero-order valence-electron chi connectivity index (χ0n) is 22.3. The lowest BCUT2D eigenvalue weighted by molar-refractivity contribution is 0.0986. The van der Waals surface area contributed by atoms with Gasteiger partial charge in [-0.05, 0) is 55.3 Å². The van der Waals surface area contributed by atoms with Crippen LogP contribution in [0.5, 0.6) is 11.5 Å². The molecular formula is C31H24F3N3O4. The minimum Gasteiger partial charge on any atom is -0.452 e. The molecule has 3 heterocycles. The Morgan fingerprint density at radius 3 is 2.44 bits per heavy atom. The number of hydrogen-bond acceptors (Lipinski definition) is 6.